The minimum atomic E-state index is -4.67. The van der Waals surface area contributed by atoms with Gasteiger partial charge in [-0.2, -0.15) is 8.42 Å². The average Bonchev–Trinajstić information content (AvgIpc) is 0.881. The number of carbonyl (C=O) groups is 8. The summed E-state index contributed by atoms with van der Waals surface area (Å²) in [6, 6.07) is 56.7. The van der Waals surface area contributed by atoms with E-state index in [0.29, 0.717) is 34.4 Å². The van der Waals surface area contributed by atoms with E-state index in [1.807, 2.05) is 36.4 Å². The molecule has 34 nitrogen and oxygen atoms in total. The molecule has 1 aliphatic heterocycles. The first-order chi connectivity index (χ1) is 55.0. The number of nitrogen functional groups attached to an aromatic ring is 1. The van der Waals surface area contributed by atoms with Crippen molar-refractivity contribution in [3.8, 4) is 0 Å². The van der Waals surface area contributed by atoms with Gasteiger partial charge in [0, 0.05) is 131 Å². The van der Waals surface area contributed by atoms with Crippen LogP contribution in [-0.4, -0.2) is 142 Å². The number of ketones is 4. The third kappa shape index (κ3) is 34.3. The van der Waals surface area contributed by atoms with Gasteiger partial charge in [0.2, 0.25) is 5.91 Å². The maximum atomic E-state index is 12.7. The van der Waals surface area contributed by atoms with Crippen molar-refractivity contribution in [2.24, 2.45) is 0 Å². The van der Waals surface area contributed by atoms with E-state index in [1.54, 1.807) is 60.7 Å². The molecule has 0 bridgehead atoms. The van der Waals surface area contributed by atoms with Gasteiger partial charge in [0.05, 0.1) is 59.2 Å². The zero-order chi connectivity index (χ0) is 87.6. The predicted molar refractivity (Wildman–Crippen MR) is 450 cm³/mol. The van der Waals surface area contributed by atoms with Crippen LogP contribution in [0.3, 0.4) is 0 Å². The molecule has 0 saturated carbocycles. The van der Waals surface area contributed by atoms with Crippen molar-refractivity contribution in [2.45, 2.75) is 26.2 Å². The molecular weight excluding hydrogens is 1980 g/mol. The van der Waals surface area contributed by atoms with E-state index in [0.717, 1.165) is 50.5 Å². The molecule has 0 fully saturated rings. The number of nitro groups is 6. The number of ether oxygens (including phenoxy) is 2. The number of amides is 1. The normalized spacial score (nSPS) is 10.4. The number of nitro benzene ring substituents is 6. The molecule has 0 unspecified atom stereocenters. The molecule has 0 aromatic heterocycles. The zero-order valence-corrected chi connectivity index (χ0v) is 74.2. The molecule has 1 heterocycles. The molecule has 11 rings (SSSR count). The molecule has 1 aliphatic rings. The van der Waals surface area contributed by atoms with Crippen molar-refractivity contribution in [1.82, 2.24) is 0 Å². The Morgan fingerprint density at radius 2 is 0.754 bits per heavy atom. The molecule has 10 aromatic rings. The number of benzene rings is 10. The SMILES string of the molecule is Brc1ccccc1.CCOC(=O)C(C(=O)OCC)c1ccc(C(=O)c2ccc([N+](=O)[O-])cc2)cc1[N+](=O)[O-].Nc1ccc(C(=O)c2ccc3c(c2)NC(=O)C3)cc1.O=C(Cl)c1ccc([N+](=O)[O-])cc1.O=C(c1ccc(Br)cc1)c1ccc([N+](=O)[O-])cc1.O=C(c1ccc([N+](=O)[O-])cc1)c1ccc(Br)c([N+](=O)[O-])c1.O=S(=O)(O)O.[Cl][Al]([Cl])[Cl].[SnH2]. The topological polar surface area (TPSA) is 527 Å². The van der Waals surface area contributed by atoms with Crippen molar-refractivity contribution >= 4 is 227 Å². The summed E-state index contributed by atoms with van der Waals surface area (Å²) in [6.45, 7) is 2.92. The number of carbonyl (C=O) groups excluding carboxylic acids is 8. The molecule has 1 amide bonds. The number of nitrogens with zero attached hydrogens (tertiary/aromatic N) is 6. The second kappa shape index (κ2) is 49.9. The first-order valence-electron chi connectivity index (χ1n) is 32.3. The van der Waals surface area contributed by atoms with Crippen molar-refractivity contribution < 1.29 is 94.9 Å². The number of esters is 2. The second-order valence-corrected chi connectivity index (χ2v) is 32.8. The molecule has 10 aromatic carbocycles. The van der Waals surface area contributed by atoms with E-state index in [1.165, 1.54) is 117 Å². The van der Waals surface area contributed by atoms with Crippen molar-refractivity contribution in [1.29, 1.82) is 0 Å². The van der Waals surface area contributed by atoms with Gasteiger partial charge in [-0.15, -0.1) is 0 Å². The van der Waals surface area contributed by atoms with Gasteiger partial charge in [0.15, 0.2) is 29.1 Å². The summed E-state index contributed by atoms with van der Waals surface area (Å²) >= 11 is 13.0. The van der Waals surface area contributed by atoms with Crippen LogP contribution in [0.4, 0.5) is 45.5 Å². The Morgan fingerprint density at radius 1 is 0.458 bits per heavy atom. The quantitative estimate of drug-likeness (QED) is 0.00633. The van der Waals surface area contributed by atoms with Crippen LogP contribution >= 0.6 is 89.5 Å². The number of hydrogen-bond acceptors (Lipinski definition) is 25. The first-order valence-corrected chi connectivity index (χ1v) is 41.7. The Bertz CT molecular complexity index is 5380. The zero-order valence-electron chi connectivity index (χ0n) is 60.4. The number of nitrogens with two attached hydrogens (primary N) is 1. The molecule has 0 spiro atoms. The Balaban J connectivity index is 0.000000370. The number of non-ortho nitro benzene ring substituents is 4. The fourth-order valence-corrected chi connectivity index (χ4v) is 10.4. The molecule has 5 N–H and O–H groups in total. The third-order valence-electron chi connectivity index (χ3n) is 14.6. The summed E-state index contributed by atoms with van der Waals surface area (Å²) in [5, 5.41) is 66.6. The van der Waals surface area contributed by atoms with Crippen LogP contribution in [0.5, 0.6) is 0 Å². The Morgan fingerprint density at radius 3 is 1.08 bits per heavy atom. The van der Waals surface area contributed by atoms with E-state index in [2.05, 4.69) is 53.1 Å². The fraction of sp³-hybridized carbons (Fsp3) is 0.0811. The van der Waals surface area contributed by atoms with Crippen molar-refractivity contribution in [3.05, 3.63) is 366 Å². The molecular formula is C74H58AlBr3Cl4N8O26SSn. The van der Waals surface area contributed by atoms with Crippen LogP contribution < -0.4 is 11.1 Å². The number of halogens is 7. The summed E-state index contributed by atoms with van der Waals surface area (Å²) in [4.78, 5) is 156. The van der Waals surface area contributed by atoms with Gasteiger partial charge >= 0.3 is 57.6 Å². The van der Waals surface area contributed by atoms with Crippen LogP contribution in [0.2, 0.25) is 0 Å². The van der Waals surface area contributed by atoms with E-state index >= 15 is 0 Å². The van der Waals surface area contributed by atoms with E-state index in [9.17, 15) is 99.0 Å². The molecule has 44 heteroatoms. The van der Waals surface area contributed by atoms with Gasteiger partial charge in [-0.1, -0.05) is 68.3 Å². The Labute approximate surface area is 731 Å². The fourth-order valence-electron chi connectivity index (χ4n) is 9.27. The number of hydrogen-bond donors (Lipinski definition) is 4. The van der Waals surface area contributed by atoms with Crippen LogP contribution in [0.1, 0.15) is 105 Å². The van der Waals surface area contributed by atoms with Gasteiger partial charge in [0.1, 0.15) is 0 Å². The molecule has 2 radical (unpaired) electrons. The molecule has 0 aliphatic carbocycles. The molecule has 612 valence electrons. The van der Waals surface area contributed by atoms with Gasteiger partial charge in [0.25, 0.3) is 39.4 Å². The number of fused-ring (bicyclic) bond motifs is 1. The molecule has 118 heavy (non-hydrogen) atoms. The molecule has 0 saturated heterocycles. The Kier molecular flexibility index (Phi) is 42.8. The summed E-state index contributed by atoms with van der Waals surface area (Å²) in [5.41, 5.74) is 9.01. The van der Waals surface area contributed by atoms with E-state index < -0.39 is 91.7 Å². The number of nitrogens with one attached hydrogen (secondary N) is 1. The van der Waals surface area contributed by atoms with Gasteiger partial charge < -0.3 is 20.5 Å². The van der Waals surface area contributed by atoms with Crippen LogP contribution in [-0.2, 0) is 40.7 Å². The van der Waals surface area contributed by atoms with Crippen LogP contribution in [0.15, 0.2) is 244 Å². The summed E-state index contributed by atoms with van der Waals surface area (Å²) in [7, 11) is 10.2. The third-order valence-corrected chi connectivity index (χ3v) is 16.5. The van der Waals surface area contributed by atoms with Crippen molar-refractivity contribution in [2.75, 3.05) is 24.3 Å². The predicted octanol–water partition coefficient (Wildman–Crippen LogP) is 16.6. The van der Waals surface area contributed by atoms with Gasteiger partial charge in [-0.05, 0) is 180 Å². The number of anilines is 2. The minimum absolute atomic E-state index is 0. The van der Waals surface area contributed by atoms with E-state index in [4.69, 9.17) is 74.5 Å². The Hall–Kier alpha value is -11.0. The average molecular weight is 2030 g/mol. The maximum absolute atomic E-state index is 12.7. The monoisotopic (exact) mass is 2030 g/mol. The standard InChI is InChI=1S/C20H18N2O9.C15H12N2O2.C13H7BrN2O5.C13H8BrNO3.C7H4ClNO3.C6H5Br.Al.3ClH.H2O4S.Sn.2H/c1-3-30-19(24)17(20(25)31-4-2)15-10-7-13(11-16(15)22(28)29)18(23)12-5-8-14(9-6-12)21(26)27;16-12-5-3-9(4-6-12)15(19)11-2-1-10-8-14(18)17-13(10)7-11;14-11-6-3-9(7-12(11)16(20)21)13(17)8-1-4-10(5-2-8)15(18)19;14-11-5-1-9(2-6-11)13(16)10-3-7-12(8-4-10)15(17)18;8-7(10)5-1-3-6(4-2-5)9(11)12;7-6-4-2-1-3-5-6;;;;;1-5(2,3)4;;;/h5-11,17H,3-4H2,1-2H3;1-7H,8,16H2,(H,17,18);1-7H;1-8H;1-4H;1-5H;;3*1H;(H2,1,2,3,4);;;/q;;;;;;+3;;;;;;;/p-3. The second-order valence-electron chi connectivity index (χ2n) is 22.4. The van der Waals surface area contributed by atoms with Crippen molar-refractivity contribution in [3.63, 3.8) is 0 Å². The number of rotatable bonds is 20. The van der Waals surface area contributed by atoms with E-state index in [-0.39, 0.29) is 121 Å². The van der Waals surface area contributed by atoms with Gasteiger partial charge in [-0.3, -0.25) is 108 Å². The van der Waals surface area contributed by atoms with Gasteiger partial charge in [-0.25, -0.2) is 30.1 Å². The summed E-state index contributed by atoms with van der Waals surface area (Å²) in [6.07, 6.45) is 0.381. The van der Waals surface area contributed by atoms with Crippen LogP contribution in [0, 0.1) is 60.7 Å². The summed E-state index contributed by atoms with van der Waals surface area (Å²) in [5.74, 6) is -5.07. The summed E-state index contributed by atoms with van der Waals surface area (Å²) < 4.78 is 43.6. The van der Waals surface area contributed by atoms with Crippen LogP contribution in [0.25, 0.3) is 0 Å². The molecule has 0 atom stereocenters. The first kappa shape index (κ1) is 101.